The Balaban J connectivity index is 1.34. The van der Waals surface area contributed by atoms with Crippen LogP contribution in [0, 0.1) is 5.92 Å². The van der Waals surface area contributed by atoms with Gasteiger partial charge in [0.1, 0.15) is 0 Å². The van der Waals surface area contributed by atoms with E-state index in [9.17, 15) is 0 Å². The Kier molecular flexibility index (Phi) is 5.43. The van der Waals surface area contributed by atoms with Crippen molar-refractivity contribution in [1.29, 1.82) is 0 Å². The lowest BCUT2D eigenvalue weighted by atomic mass is 10.0. The molecule has 1 saturated heterocycles. The smallest absolute Gasteiger partial charge is 0.0830 e. The minimum absolute atomic E-state index is 0.692. The number of anilines is 1. The summed E-state index contributed by atoms with van der Waals surface area (Å²) in [5.74, 6) is 0.692. The summed E-state index contributed by atoms with van der Waals surface area (Å²) in [5.41, 5.74) is 2.25. The number of ether oxygens (including phenoxy) is 2. The summed E-state index contributed by atoms with van der Waals surface area (Å²) in [4.78, 5) is 4.35. The minimum Gasteiger partial charge on any atom is -0.384 e. The molecule has 0 radical (unpaired) electrons. The van der Waals surface area contributed by atoms with E-state index in [0.29, 0.717) is 5.92 Å². The van der Waals surface area contributed by atoms with Gasteiger partial charge in [-0.1, -0.05) is 0 Å². The van der Waals surface area contributed by atoms with E-state index in [-0.39, 0.29) is 0 Å². The van der Waals surface area contributed by atoms with Gasteiger partial charge in [0, 0.05) is 39.2 Å². The quantitative estimate of drug-likeness (QED) is 0.795. The highest BCUT2D eigenvalue weighted by molar-refractivity contribution is 7.17. The third kappa shape index (κ3) is 4.15. The van der Waals surface area contributed by atoms with Gasteiger partial charge in [-0.3, -0.25) is 4.98 Å². The van der Waals surface area contributed by atoms with Crippen LogP contribution in [0.4, 0.5) is 5.69 Å². The first kappa shape index (κ1) is 14.8. The molecule has 0 amide bonds. The number of rotatable bonds is 7. The van der Waals surface area contributed by atoms with Crippen LogP contribution in [0.5, 0.6) is 0 Å². The van der Waals surface area contributed by atoms with Crippen LogP contribution in [0.1, 0.15) is 19.3 Å². The second-order valence-electron chi connectivity index (χ2n) is 5.40. The zero-order valence-corrected chi connectivity index (χ0v) is 13.0. The molecule has 21 heavy (non-hydrogen) atoms. The van der Waals surface area contributed by atoms with Gasteiger partial charge in [0.05, 0.1) is 15.9 Å². The Morgan fingerprint density at radius 2 is 2.24 bits per heavy atom. The molecule has 1 N–H and O–H groups in total. The summed E-state index contributed by atoms with van der Waals surface area (Å²) < 4.78 is 12.4. The van der Waals surface area contributed by atoms with Crippen molar-refractivity contribution in [1.82, 2.24) is 4.98 Å². The molecular weight excluding hydrogens is 284 g/mol. The molecule has 114 valence electrons. The highest BCUT2D eigenvalue weighted by atomic mass is 32.1. The molecule has 0 aromatic carbocycles. The number of aromatic nitrogens is 1. The fourth-order valence-corrected chi connectivity index (χ4v) is 3.41. The van der Waals surface area contributed by atoms with Crippen LogP contribution in [0.25, 0.3) is 10.2 Å². The molecular formula is C16H22N2O2S. The van der Waals surface area contributed by atoms with Crippen LogP contribution in [0.3, 0.4) is 0 Å². The maximum atomic E-state index is 5.78. The predicted molar refractivity (Wildman–Crippen MR) is 87.1 cm³/mol. The number of hydrogen-bond donors (Lipinski definition) is 1. The van der Waals surface area contributed by atoms with Crippen LogP contribution < -0.4 is 5.32 Å². The molecule has 0 unspecified atom stereocenters. The summed E-state index contributed by atoms with van der Waals surface area (Å²) >= 11 is 1.73. The van der Waals surface area contributed by atoms with Crippen LogP contribution in [0.15, 0.2) is 23.7 Å². The van der Waals surface area contributed by atoms with E-state index in [1.807, 2.05) is 12.3 Å². The minimum atomic E-state index is 0.692. The van der Waals surface area contributed by atoms with Gasteiger partial charge in [-0.15, -0.1) is 11.3 Å². The number of nitrogens with one attached hydrogen (secondary N) is 1. The Hall–Kier alpha value is -1.17. The molecule has 5 heteroatoms. The Morgan fingerprint density at radius 3 is 3.14 bits per heavy atom. The third-order valence-corrected chi connectivity index (χ3v) is 4.76. The normalized spacial score (nSPS) is 16.4. The Labute approximate surface area is 129 Å². The van der Waals surface area contributed by atoms with Crippen molar-refractivity contribution in [2.75, 3.05) is 38.3 Å². The zero-order chi connectivity index (χ0) is 14.3. The molecule has 4 nitrogen and oxygen atoms in total. The van der Waals surface area contributed by atoms with Crippen molar-refractivity contribution in [3.63, 3.8) is 0 Å². The lowest BCUT2D eigenvalue weighted by molar-refractivity contribution is 0.0206. The number of hydrogen-bond acceptors (Lipinski definition) is 5. The second-order valence-corrected chi connectivity index (χ2v) is 6.32. The van der Waals surface area contributed by atoms with Crippen molar-refractivity contribution >= 4 is 27.2 Å². The molecule has 0 spiro atoms. The molecule has 1 fully saturated rings. The summed E-state index contributed by atoms with van der Waals surface area (Å²) in [6.07, 6.45) is 5.18. The molecule has 0 saturated carbocycles. The summed E-state index contributed by atoms with van der Waals surface area (Å²) in [7, 11) is 0. The number of nitrogens with zero attached hydrogens (tertiary/aromatic N) is 1. The molecule has 0 aliphatic carbocycles. The topological polar surface area (TPSA) is 43.4 Å². The van der Waals surface area contributed by atoms with Gasteiger partial charge in [0.2, 0.25) is 0 Å². The SMILES string of the molecule is c1cc(NCCCOCC2CCOCC2)c2sccc2n1. The molecule has 3 heterocycles. The molecule has 1 aliphatic rings. The summed E-state index contributed by atoms with van der Waals surface area (Å²) in [6.45, 7) is 4.43. The van der Waals surface area contributed by atoms with Crippen LogP contribution in [0.2, 0.25) is 0 Å². The Bertz CT molecular complexity index is 552. The molecule has 2 aromatic rings. The van der Waals surface area contributed by atoms with Crippen molar-refractivity contribution in [3.8, 4) is 0 Å². The third-order valence-electron chi connectivity index (χ3n) is 3.82. The van der Waals surface area contributed by atoms with Crippen molar-refractivity contribution in [3.05, 3.63) is 23.7 Å². The predicted octanol–water partition coefficient (Wildman–Crippen LogP) is 3.54. The van der Waals surface area contributed by atoms with Gasteiger partial charge in [0.25, 0.3) is 0 Å². The van der Waals surface area contributed by atoms with Crippen LogP contribution in [-0.4, -0.2) is 38.0 Å². The van der Waals surface area contributed by atoms with E-state index in [1.54, 1.807) is 11.3 Å². The average molecular weight is 306 g/mol. The number of fused-ring (bicyclic) bond motifs is 1. The first-order valence-electron chi connectivity index (χ1n) is 7.65. The zero-order valence-electron chi connectivity index (χ0n) is 12.2. The van der Waals surface area contributed by atoms with Crippen LogP contribution >= 0.6 is 11.3 Å². The van der Waals surface area contributed by atoms with Gasteiger partial charge in [-0.2, -0.15) is 0 Å². The lowest BCUT2D eigenvalue weighted by Crippen LogP contribution is -2.20. The molecule has 0 atom stereocenters. The van der Waals surface area contributed by atoms with E-state index in [1.165, 1.54) is 10.4 Å². The first-order chi connectivity index (χ1) is 10.4. The highest BCUT2D eigenvalue weighted by Crippen LogP contribution is 2.26. The van der Waals surface area contributed by atoms with E-state index in [4.69, 9.17) is 9.47 Å². The van der Waals surface area contributed by atoms with E-state index in [2.05, 4.69) is 21.7 Å². The standard InChI is InChI=1S/C16H22N2O2S/c1(8-20-12-13-3-9-19-10-4-13)6-17-14-2-7-18-15-5-11-21-16(14)15/h2,5,7,11,13H,1,3-4,6,8-10,12H2,(H,17,18). The van der Waals surface area contributed by atoms with Gasteiger partial charge >= 0.3 is 0 Å². The van der Waals surface area contributed by atoms with Crippen molar-refractivity contribution < 1.29 is 9.47 Å². The molecule has 2 aromatic heterocycles. The maximum absolute atomic E-state index is 5.78. The van der Waals surface area contributed by atoms with Gasteiger partial charge in [-0.25, -0.2) is 0 Å². The summed E-state index contributed by atoms with van der Waals surface area (Å²) in [5, 5.41) is 5.57. The Morgan fingerprint density at radius 1 is 1.33 bits per heavy atom. The monoisotopic (exact) mass is 306 g/mol. The van der Waals surface area contributed by atoms with E-state index in [0.717, 1.165) is 57.8 Å². The van der Waals surface area contributed by atoms with Gasteiger partial charge in [-0.05, 0) is 42.7 Å². The molecule has 0 bridgehead atoms. The second kappa shape index (κ2) is 7.73. The number of thiophene rings is 1. The maximum Gasteiger partial charge on any atom is 0.0830 e. The fraction of sp³-hybridized carbons (Fsp3) is 0.562. The van der Waals surface area contributed by atoms with Gasteiger partial charge < -0.3 is 14.8 Å². The highest BCUT2D eigenvalue weighted by Gasteiger charge is 2.13. The summed E-state index contributed by atoms with van der Waals surface area (Å²) in [6, 6.07) is 4.10. The largest absolute Gasteiger partial charge is 0.384 e. The van der Waals surface area contributed by atoms with Crippen LogP contribution in [-0.2, 0) is 9.47 Å². The fourth-order valence-electron chi connectivity index (χ4n) is 2.57. The van der Waals surface area contributed by atoms with Gasteiger partial charge in [0.15, 0.2) is 0 Å². The van der Waals surface area contributed by atoms with E-state index < -0.39 is 0 Å². The van der Waals surface area contributed by atoms with Crippen molar-refractivity contribution in [2.45, 2.75) is 19.3 Å². The van der Waals surface area contributed by atoms with Crippen molar-refractivity contribution in [2.24, 2.45) is 5.92 Å². The van der Waals surface area contributed by atoms with E-state index >= 15 is 0 Å². The molecule has 3 rings (SSSR count). The lowest BCUT2D eigenvalue weighted by Gasteiger charge is -2.21. The first-order valence-corrected chi connectivity index (χ1v) is 8.53. The molecule has 1 aliphatic heterocycles. The average Bonchev–Trinajstić information content (AvgIpc) is 3.01. The number of pyridine rings is 1.